The van der Waals surface area contributed by atoms with Gasteiger partial charge in [0.05, 0.1) is 10.1 Å². The SMILES string of the molecule is ClC(=COC=C(Cl)c1ccccc1)c1ccccc1. The number of hydrogen-bond donors (Lipinski definition) is 0. The molecule has 0 bridgehead atoms. The first-order chi connectivity index (χ1) is 9.27. The second-order valence-corrected chi connectivity index (χ2v) is 4.61. The first-order valence-electron chi connectivity index (χ1n) is 5.75. The Labute approximate surface area is 122 Å². The summed E-state index contributed by atoms with van der Waals surface area (Å²) in [6.07, 6.45) is 2.92. The van der Waals surface area contributed by atoms with Crippen LogP contribution in [0.4, 0.5) is 0 Å². The molecule has 96 valence electrons. The first-order valence-corrected chi connectivity index (χ1v) is 6.50. The maximum absolute atomic E-state index is 6.10. The van der Waals surface area contributed by atoms with Gasteiger partial charge in [0.2, 0.25) is 0 Å². The van der Waals surface area contributed by atoms with Crippen LogP contribution in [0, 0.1) is 0 Å². The lowest BCUT2D eigenvalue weighted by atomic mass is 10.2. The van der Waals surface area contributed by atoms with Crippen LogP contribution in [-0.2, 0) is 4.74 Å². The van der Waals surface area contributed by atoms with Crippen LogP contribution >= 0.6 is 23.2 Å². The first kappa shape index (κ1) is 13.7. The van der Waals surface area contributed by atoms with Crippen LogP contribution in [0.2, 0.25) is 0 Å². The summed E-state index contributed by atoms with van der Waals surface area (Å²) in [7, 11) is 0. The molecule has 1 nitrogen and oxygen atoms in total. The average Bonchev–Trinajstić information content (AvgIpc) is 2.49. The summed E-state index contributed by atoms with van der Waals surface area (Å²) in [6, 6.07) is 19.2. The lowest BCUT2D eigenvalue weighted by molar-refractivity contribution is 0.408. The standard InChI is InChI=1S/C16H12Cl2O/c17-15(13-7-3-1-4-8-13)11-19-12-16(18)14-9-5-2-6-10-14/h1-12H. The molecule has 2 aromatic carbocycles. The third kappa shape index (κ3) is 4.16. The highest BCUT2D eigenvalue weighted by atomic mass is 35.5. The second-order valence-electron chi connectivity index (χ2n) is 3.80. The molecule has 0 unspecified atom stereocenters. The summed E-state index contributed by atoms with van der Waals surface area (Å²) in [5, 5.41) is 1.05. The van der Waals surface area contributed by atoms with Gasteiger partial charge in [-0.3, -0.25) is 0 Å². The van der Waals surface area contributed by atoms with Crippen LogP contribution in [0.3, 0.4) is 0 Å². The molecular formula is C16H12Cl2O. The van der Waals surface area contributed by atoms with Crippen molar-refractivity contribution in [2.75, 3.05) is 0 Å². The summed E-state index contributed by atoms with van der Waals surface area (Å²) < 4.78 is 5.28. The molecule has 0 heterocycles. The Balaban J connectivity index is 2.03. The maximum Gasteiger partial charge on any atom is 0.109 e. The fourth-order valence-corrected chi connectivity index (χ4v) is 1.84. The number of halogens is 2. The quantitative estimate of drug-likeness (QED) is 0.678. The molecule has 0 N–H and O–H groups in total. The van der Waals surface area contributed by atoms with Crippen LogP contribution in [0.1, 0.15) is 11.1 Å². The van der Waals surface area contributed by atoms with E-state index in [0.29, 0.717) is 10.1 Å². The van der Waals surface area contributed by atoms with Gasteiger partial charge in [-0.05, 0) is 11.1 Å². The minimum atomic E-state index is 0.523. The van der Waals surface area contributed by atoms with E-state index in [9.17, 15) is 0 Å². The summed E-state index contributed by atoms with van der Waals surface area (Å²) in [5.74, 6) is 0. The van der Waals surface area contributed by atoms with Crippen molar-refractivity contribution in [3.63, 3.8) is 0 Å². The maximum atomic E-state index is 6.10. The van der Waals surface area contributed by atoms with E-state index in [-0.39, 0.29) is 0 Å². The van der Waals surface area contributed by atoms with Crippen molar-refractivity contribution in [1.29, 1.82) is 0 Å². The Hall–Kier alpha value is -1.70. The summed E-state index contributed by atoms with van der Waals surface area (Å²) >= 11 is 12.2. The topological polar surface area (TPSA) is 9.23 Å². The number of hydrogen-bond acceptors (Lipinski definition) is 1. The lowest BCUT2D eigenvalue weighted by Crippen LogP contribution is -1.79. The molecule has 0 aromatic heterocycles. The van der Waals surface area contributed by atoms with E-state index in [1.165, 1.54) is 12.5 Å². The number of benzene rings is 2. The molecule has 2 aromatic rings. The van der Waals surface area contributed by atoms with Gasteiger partial charge in [-0.1, -0.05) is 83.9 Å². The molecule has 0 saturated carbocycles. The van der Waals surface area contributed by atoms with Gasteiger partial charge in [-0.15, -0.1) is 0 Å². The minimum absolute atomic E-state index is 0.523. The highest BCUT2D eigenvalue weighted by molar-refractivity contribution is 6.49. The summed E-state index contributed by atoms with van der Waals surface area (Å²) in [4.78, 5) is 0. The largest absolute Gasteiger partial charge is 0.469 e. The van der Waals surface area contributed by atoms with Crippen molar-refractivity contribution in [3.8, 4) is 0 Å². The Bertz CT molecular complexity index is 521. The molecule has 0 aliphatic rings. The van der Waals surface area contributed by atoms with E-state index in [0.717, 1.165) is 11.1 Å². The molecule has 0 aliphatic heterocycles. The van der Waals surface area contributed by atoms with Crippen LogP contribution < -0.4 is 0 Å². The molecule has 0 amide bonds. The van der Waals surface area contributed by atoms with E-state index >= 15 is 0 Å². The molecule has 2 rings (SSSR count). The van der Waals surface area contributed by atoms with E-state index < -0.39 is 0 Å². The molecular weight excluding hydrogens is 279 g/mol. The van der Waals surface area contributed by atoms with E-state index in [2.05, 4.69) is 0 Å². The Kier molecular flexibility index (Phi) is 5.08. The molecule has 3 heteroatoms. The molecule has 0 fully saturated rings. The van der Waals surface area contributed by atoms with Gasteiger partial charge in [0.1, 0.15) is 12.5 Å². The summed E-state index contributed by atoms with van der Waals surface area (Å²) in [5.41, 5.74) is 1.79. The van der Waals surface area contributed by atoms with E-state index in [4.69, 9.17) is 27.9 Å². The van der Waals surface area contributed by atoms with E-state index in [1.807, 2.05) is 60.7 Å². The number of rotatable bonds is 4. The molecule has 0 radical (unpaired) electrons. The fourth-order valence-electron chi connectivity index (χ4n) is 1.48. The third-order valence-corrected chi connectivity index (χ3v) is 3.06. The molecule has 0 aliphatic carbocycles. The molecule has 0 atom stereocenters. The van der Waals surface area contributed by atoms with Gasteiger partial charge in [-0.2, -0.15) is 0 Å². The van der Waals surface area contributed by atoms with Gasteiger partial charge >= 0.3 is 0 Å². The van der Waals surface area contributed by atoms with Crippen LogP contribution in [0.25, 0.3) is 10.1 Å². The van der Waals surface area contributed by atoms with Gasteiger partial charge in [0.15, 0.2) is 0 Å². The van der Waals surface area contributed by atoms with Gasteiger partial charge in [-0.25, -0.2) is 0 Å². The predicted molar refractivity (Wildman–Crippen MR) is 81.6 cm³/mol. The number of ether oxygens (including phenoxy) is 1. The van der Waals surface area contributed by atoms with Crippen molar-refractivity contribution in [1.82, 2.24) is 0 Å². The Morgan fingerprint density at radius 1 is 0.684 bits per heavy atom. The van der Waals surface area contributed by atoms with Crippen molar-refractivity contribution < 1.29 is 4.74 Å². The van der Waals surface area contributed by atoms with Crippen molar-refractivity contribution in [3.05, 3.63) is 84.3 Å². The monoisotopic (exact) mass is 290 g/mol. The zero-order valence-corrected chi connectivity index (χ0v) is 11.6. The second kappa shape index (κ2) is 7.03. The van der Waals surface area contributed by atoms with Crippen molar-refractivity contribution in [2.24, 2.45) is 0 Å². The molecule has 19 heavy (non-hydrogen) atoms. The van der Waals surface area contributed by atoms with Crippen LogP contribution in [0.5, 0.6) is 0 Å². The van der Waals surface area contributed by atoms with Gasteiger partial charge in [0.25, 0.3) is 0 Å². The molecule has 0 saturated heterocycles. The highest BCUT2D eigenvalue weighted by Crippen LogP contribution is 2.21. The average molecular weight is 291 g/mol. The van der Waals surface area contributed by atoms with Crippen molar-refractivity contribution in [2.45, 2.75) is 0 Å². The van der Waals surface area contributed by atoms with Crippen LogP contribution in [0.15, 0.2) is 73.2 Å². The Morgan fingerprint density at radius 3 is 1.42 bits per heavy atom. The van der Waals surface area contributed by atoms with Gasteiger partial charge in [0, 0.05) is 0 Å². The van der Waals surface area contributed by atoms with Gasteiger partial charge < -0.3 is 4.74 Å². The Morgan fingerprint density at radius 2 is 1.05 bits per heavy atom. The normalized spacial score (nSPS) is 12.3. The fraction of sp³-hybridized carbons (Fsp3) is 0. The predicted octanol–water partition coefficient (Wildman–Crippen LogP) is 5.48. The zero-order valence-electron chi connectivity index (χ0n) is 10.1. The van der Waals surface area contributed by atoms with Crippen LogP contribution in [-0.4, -0.2) is 0 Å². The molecule has 0 spiro atoms. The minimum Gasteiger partial charge on any atom is -0.469 e. The van der Waals surface area contributed by atoms with Crippen molar-refractivity contribution >= 4 is 33.3 Å². The smallest absolute Gasteiger partial charge is 0.109 e. The third-order valence-electron chi connectivity index (χ3n) is 2.44. The van der Waals surface area contributed by atoms with E-state index in [1.54, 1.807) is 0 Å². The highest BCUT2D eigenvalue weighted by Gasteiger charge is 1.98. The summed E-state index contributed by atoms with van der Waals surface area (Å²) in [6.45, 7) is 0. The lowest BCUT2D eigenvalue weighted by Gasteiger charge is -2.00. The zero-order chi connectivity index (χ0) is 13.5.